The van der Waals surface area contributed by atoms with Crippen molar-refractivity contribution >= 4 is 5.82 Å². The second-order valence-electron chi connectivity index (χ2n) is 9.19. The second-order valence-corrected chi connectivity index (χ2v) is 9.19. The van der Waals surface area contributed by atoms with Gasteiger partial charge in [0.2, 0.25) is 5.88 Å². The molecule has 0 amide bonds. The van der Waals surface area contributed by atoms with Crippen molar-refractivity contribution in [3.63, 3.8) is 0 Å². The van der Waals surface area contributed by atoms with Gasteiger partial charge in [-0.15, -0.1) is 0 Å². The SMILES string of the molecule is OC(O)(O)N(c1ccc2c(n1)OCc1cc(-n3cccn3)ccc1-2)C1CC2CCCC(C1)N2. The molecular formula is C24H27N5O4. The lowest BCUT2D eigenvalue weighted by atomic mass is 9.83. The number of nitrogens with zero attached hydrogens (tertiary/aromatic N) is 4. The minimum absolute atomic E-state index is 0.250. The van der Waals surface area contributed by atoms with E-state index in [1.54, 1.807) is 16.9 Å². The van der Waals surface area contributed by atoms with Gasteiger partial charge in [-0.25, -0.2) is 4.68 Å². The third-order valence-corrected chi connectivity index (χ3v) is 6.98. The average molecular weight is 450 g/mol. The Morgan fingerprint density at radius 2 is 1.85 bits per heavy atom. The van der Waals surface area contributed by atoms with Crippen molar-refractivity contribution in [2.75, 3.05) is 4.90 Å². The molecule has 0 aliphatic carbocycles. The topological polar surface area (TPSA) is 116 Å². The minimum Gasteiger partial charge on any atom is -0.472 e. The number of aromatic nitrogens is 3. The predicted molar refractivity (Wildman–Crippen MR) is 121 cm³/mol. The number of benzene rings is 1. The monoisotopic (exact) mass is 449 g/mol. The molecule has 3 aromatic rings. The van der Waals surface area contributed by atoms with Crippen LogP contribution in [-0.2, 0) is 6.61 Å². The number of pyridine rings is 1. The summed E-state index contributed by atoms with van der Waals surface area (Å²) in [4.78, 5) is 5.83. The number of hydrogen-bond donors (Lipinski definition) is 4. The van der Waals surface area contributed by atoms with Gasteiger partial charge in [-0.1, -0.05) is 12.5 Å². The van der Waals surface area contributed by atoms with Crippen LogP contribution in [-0.4, -0.2) is 54.3 Å². The minimum atomic E-state index is -3.01. The Kier molecular flexibility index (Phi) is 4.88. The van der Waals surface area contributed by atoms with E-state index >= 15 is 0 Å². The predicted octanol–water partition coefficient (Wildman–Crippen LogP) is 1.89. The molecule has 9 heteroatoms. The fraction of sp³-hybridized carbons (Fsp3) is 0.417. The van der Waals surface area contributed by atoms with Crippen molar-refractivity contribution in [2.24, 2.45) is 0 Å². The molecule has 0 saturated carbocycles. The van der Waals surface area contributed by atoms with Crippen LogP contribution < -0.4 is 15.0 Å². The molecule has 2 saturated heterocycles. The van der Waals surface area contributed by atoms with E-state index in [9.17, 15) is 15.3 Å². The van der Waals surface area contributed by atoms with Gasteiger partial charge in [0, 0.05) is 36.1 Å². The summed E-state index contributed by atoms with van der Waals surface area (Å²) in [6.45, 7) is 0.341. The van der Waals surface area contributed by atoms with E-state index in [0.29, 0.717) is 37.4 Å². The van der Waals surface area contributed by atoms with Gasteiger partial charge in [0.25, 0.3) is 0 Å². The van der Waals surface area contributed by atoms with Crippen LogP contribution in [0.1, 0.15) is 37.7 Å². The number of aliphatic hydroxyl groups is 3. The number of hydrogen-bond acceptors (Lipinski definition) is 8. The van der Waals surface area contributed by atoms with Crippen LogP contribution >= 0.6 is 0 Å². The van der Waals surface area contributed by atoms with Gasteiger partial charge < -0.3 is 25.4 Å². The summed E-state index contributed by atoms with van der Waals surface area (Å²) in [5.74, 6) is 0.693. The zero-order chi connectivity index (χ0) is 22.6. The maximum atomic E-state index is 10.3. The first-order valence-electron chi connectivity index (χ1n) is 11.5. The number of ether oxygens (including phenoxy) is 1. The summed E-state index contributed by atoms with van der Waals surface area (Å²) >= 11 is 0. The molecule has 3 aliphatic heterocycles. The Balaban J connectivity index is 1.33. The molecule has 0 spiro atoms. The average Bonchev–Trinajstić information content (AvgIpc) is 3.32. The zero-order valence-corrected chi connectivity index (χ0v) is 18.1. The quantitative estimate of drug-likeness (QED) is 0.447. The Labute approximate surface area is 191 Å². The van der Waals surface area contributed by atoms with Crippen molar-refractivity contribution < 1.29 is 20.1 Å². The van der Waals surface area contributed by atoms with E-state index < -0.39 is 6.10 Å². The molecule has 0 radical (unpaired) electrons. The molecule has 3 aliphatic rings. The molecule has 9 nitrogen and oxygen atoms in total. The standard InChI is InChI=1S/C24H27N5O4/c30-24(31,32)29(19-12-16-3-1-4-17(13-19)26-16)22-8-7-21-20-6-5-18(28-10-2-9-25-28)11-15(20)14-33-23(21)27-22/h2,5-11,16-17,19,26,30-32H,1,3-4,12-14H2. The largest absolute Gasteiger partial charge is 0.472 e. The van der Waals surface area contributed by atoms with E-state index in [1.807, 2.05) is 36.5 Å². The third kappa shape index (κ3) is 3.76. The van der Waals surface area contributed by atoms with Crippen LogP contribution in [0.4, 0.5) is 5.82 Å². The van der Waals surface area contributed by atoms with Crippen molar-refractivity contribution in [3.05, 3.63) is 54.4 Å². The van der Waals surface area contributed by atoms with Gasteiger partial charge in [0.05, 0.1) is 5.69 Å². The summed E-state index contributed by atoms with van der Waals surface area (Å²) < 4.78 is 7.76. The van der Waals surface area contributed by atoms with Gasteiger partial charge in [0.1, 0.15) is 12.4 Å². The molecule has 33 heavy (non-hydrogen) atoms. The molecule has 2 unspecified atom stereocenters. The highest BCUT2D eigenvalue weighted by atomic mass is 16.7. The molecule has 1 aromatic carbocycles. The fourth-order valence-electron chi connectivity index (χ4n) is 5.58. The second kappa shape index (κ2) is 7.81. The van der Waals surface area contributed by atoms with Crippen LogP contribution in [0.3, 0.4) is 0 Å². The van der Waals surface area contributed by atoms with E-state index in [2.05, 4.69) is 15.4 Å². The summed E-state index contributed by atoms with van der Waals surface area (Å²) in [6, 6.07) is 11.9. The van der Waals surface area contributed by atoms with Crippen LogP contribution in [0.25, 0.3) is 16.8 Å². The van der Waals surface area contributed by atoms with Gasteiger partial charge in [0.15, 0.2) is 0 Å². The fourth-order valence-corrected chi connectivity index (χ4v) is 5.58. The van der Waals surface area contributed by atoms with Crippen molar-refractivity contribution in [2.45, 2.75) is 62.9 Å². The van der Waals surface area contributed by atoms with E-state index in [-0.39, 0.29) is 11.9 Å². The Hall–Kier alpha value is -2.98. The number of nitrogens with one attached hydrogen (secondary N) is 1. The molecule has 2 aromatic heterocycles. The summed E-state index contributed by atoms with van der Waals surface area (Å²) in [5, 5.41) is 38.6. The number of fused-ring (bicyclic) bond motifs is 5. The Bertz CT molecular complexity index is 1150. The first-order valence-corrected chi connectivity index (χ1v) is 11.5. The van der Waals surface area contributed by atoms with Gasteiger partial charge in [-0.3, -0.25) is 4.90 Å². The number of anilines is 1. The summed E-state index contributed by atoms with van der Waals surface area (Å²) in [5.41, 5.74) is 3.81. The molecule has 2 bridgehead atoms. The first-order chi connectivity index (χ1) is 16.0. The van der Waals surface area contributed by atoms with Crippen LogP contribution in [0.2, 0.25) is 0 Å². The van der Waals surface area contributed by atoms with Crippen molar-refractivity contribution in [1.29, 1.82) is 0 Å². The lowest BCUT2D eigenvalue weighted by molar-refractivity contribution is -0.314. The first kappa shape index (κ1) is 20.6. The number of piperidine rings is 2. The smallest absolute Gasteiger partial charge is 0.371 e. The maximum absolute atomic E-state index is 10.3. The molecule has 5 heterocycles. The molecule has 4 N–H and O–H groups in total. The molecule has 2 atom stereocenters. The lowest BCUT2D eigenvalue weighted by Gasteiger charge is -2.46. The zero-order valence-electron chi connectivity index (χ0n) is 18.1. The van der Waals surface area contributed by atoms with E-state index in [0.717, 1.165) is 35.2 Å². The van der Waals surface area contributed by atoms with Gasteiger partial charge in [-0.2, -0.15) is 10.1 Å². The van der Waals surface area contributed by atoms with E-state index in [1.165, 1.54) is 11.3 Å². The lowest BCUT2D eigenvalue weighted by Crippen LogP contribution is -2.61. The Morgan fingerprint density at radius 3 is 2.58 bits per heavy atom. The van der Waals surface area contributed by atoms with Crippen LogP contribution in [0.15, 0.2) is 48.8 Å². The summed E-state index contributed by atoms with van der Waals surface area (Å²) in [6.07, 6.45) is 5.30. The summed E-state index contributed by atoms with van der Waals surface area (Å²) in [7, 11) is 0. The molecular weight excluding hydrogens is 422 g/mol. The van der Waals surface area contributed by atoms with Crippen molar-refractivity contribution in [1.82, 2.24) is 20.1 Å². The van der Waals surface area contributed by atoms with Crippen molar-refractivity contribution in [3.8, 4) is 22.7 Å². The number of rotatable bonds is 4. The highest BCUT2D eigenvalue weighted by Gasteiger charge is 2.42. The maximum Gasteiger partial charge on any atom is 0.371 e. The van der Waals surface area contributed by atoms with Crippen LogP contribution in [0, 0.1) is 0 Å². The Morgan fingerprint density at radius 1 is 1.06 bits per heavy atom. The highest BCUT2D eigenvalue weighted by Crippen LogP contribution is 2.40. The molecule has 172 valence electrons. The molecule has 2 fully saturated rings. The van der Waals surface area contributed by atoms with E-state index in [4.69, 9.17) is 4.74 Å². The highest BCUT2D eigenvalue weighted by molar-refractivity contribution is 5.75. The van der Waals surface area contributed by atoms with Crippen LogP contribution in [0.5, 0.6) is 5.88 Å². The third-order valence-electron chi connectivity index (χ3n) is 6.98. The molecule has 6 rings (SSSR count). The van der Waals surface area contributed by atoms with Gasteiger partial charge >= 0.3 is 6.10 Å². The normalized spacial score (nSPS) is 23.9. The van der Waals surface area contributed by atoms with Gasteiger partial charge in [-0.05, 0) is 67.1 Å².